The lowest BCUT2D eigenvalue weighted by molar-refractivity contribution is -0.274. The van der Waals surface area contributed by atoms with Crippen molar-refractivity contribution in [2.45, 2.75) is 6.36 Å². The Kier molecular flexibility index (Phi) is 2.34. The summed E-state index contributed by atoms with van der Waals surface area (Å²) in [6, 6.07) is 5.06. The maximum Gasteiger partial charge on any atom is 0.573 e. The van der Waals surface area contributed by atoms with E-state index in [-0.39, 0.29) is 11.3 Å². The molecule has 2 aromatic rings. The van der Waals surface area contributed by atoms with E-state index >= 15 is 0 Å². The SMILES string of the molecule is O=c1cc2ccc(OC(F)(F)F)cc2c[nH]1. The zero-order chi connectivity index (χ0) is 11.8. The van der Waals surface area contributed by atoms with Crippen molar-refractivity contribution in [1.29, 1.82) is 0 Å². The van der Waals surface area contributed by atoms with Crippen LogP contribution in [0.2, 0.25) is 0 Å². The second kappa shape index (κ2) is 3.55. The summed E-state index contributed by atoms with van der Waals surface area (Å²) in [7, 11) is 0. The zero-order valence-corrected chi connectivity index (χ0v) is 7.84. The van der Waals surface area contributed by atoms with Gasteiger partial charge in [-0.1, -0.05) is 6.07 Å². The molecular weight excluding hydrogens is 223 g/mol. The minimum absolute atomic E-state index is 0.308. The molecule has 0 spiro atoms. The summed E-state index contributed by atoms with van der Waals surface area (Å²) in [5, 5.41) is 1.03. The molecule has 84 valence electrons. The van der Waals surface area contributed by atoms with Gasteiger partial charge in [-0.25, -0.2) is 0 Å². The molecule has 0 saturated carbocycles. The van der Waals surface area contributed by atoms with Crippen molar-refractivity contribution in [2.75, 3.05) is 0 Å². The Morgan fingerprint density at radius 2 is 1.88 bits per heavy atom. The number of H-pyrrole nitrogens is 1. The lowest BCUT2D eigenvalue weighted by Gasteiger charge is -2.09. The second-order valence-electron chi connectivity index (χ2n) is 3.14. The normalized spacial score (nSPS) is 11.7. The van der Waals surface area contributed by atoms with E-state index in [0.29, 0.717) is 10.8 Å². The van der Waals surface area contributed by atoms with Crippen molar-refractivity contribution in [3.63, 3.8) is 0 Å². The number of benzene rings is 1. The predicted octanol–water partition coefficient (Wildman–Crippen LogP) is 2.43. The first kappa shape index (κ1) is 10.5. The highest BCUT2D eigenvalue weighted by molar-refractivity contribution is 5.82. The number of aromatic nitrogens is 1. The monoisotopic (exact) mass is 229 g/mol. The number of rotatable bonds is 1. The van der Waals surface area contributed by atoms with Gasteiger partial charge in [0.2, 0.25) is 5.56 Å². The molecule has 0 saturated heterocycles. The molecule has 1 aromatic heterocycles. The van der Waals surface area contributed by atoms with Gasteiger partial charge in [-0.3, -0.25) is 4.79 Å². The number of hydrogen-bond donors (Lipinski definition) is 1. The average molecular weight is 229 g/mol. The highest BCUT2D eigenvalue weighted by atomic mass is 19.4. The molecular formula is C10H6F3NO2. The maximum absolute atomic E-state index is 11.9. The summed E-state index contributed by atoms with van der Waals surface area (Å²) >= 11 is 0. The minimum Gasteiger partial charge on any atom is -0.406 e. The number of hydrogen-bond acceptors (Lipinski definition) is 2. The van der Waals surface area contributed by atoms with E-state index in [1.165, 1.54) is 24.4 Å². The molecule has 0 unspecified atom stereocenters. The molecule has 1 heterocycles. The molecule has 0 aliphatic rings. The molecule has 0 aliphatic heterocycles. The molecule has 1 aromatic carbocycles. The van der Waals surface area contributed by atoms with Crippen LogP contribution < -0.4 is 10.3 Å². The van der Waals surface area contributed by atoms with Gasteiger partial charge in [0.1, 0.15) is 5.75 Å². The first-order chi connectivity index (χ1) is 7.44. The van der Waals surface area contributed by atoms with E-state index in [1.807, 2.05) is 0 Å². The van der Waals surface area contributed by atoms with Crippen molar-refractivity contribution >= 4 is 10.8 Å². The van der Waals surface area contributed by atoms with Gasteiger partial charge in [0.15, 0.2) is 0 Å². The molecule has 2 rings (SSSR count). The van der Waals surface area contributed by atoms with Crippen molar-refractivity contribution in [1.82, 2.24) is 4.98 Å². The fourth-order valence-electron chi connectivity index (χ4n) is 1.34. The van der Waals surface area contributed by atoms with E-state index in [1.54, 1.807) is 0 Å². The molecule has 0 bridgehead atoms. The molecule has 6 heteroatoms. The fourth-order valence-corrected chi connectivity index (χ4v) is 1.34. The van der Waals surface area contributed by atoms with Gasteiger partial charge in [-0.15, -0.1) is 13.2 Å². The third kappa shape index (κ3) is 2.33. The summed E-state index contributed by atoms with van der Waals surface area (Å²) in [5.41, 5.74) is -0.308. The molecule has 16 heavy (non-hydrogen) atoms. The lowest BCUT2D eigenvalue weighted by Crippen LogP contribution is -2.17. The van der Waals surface area contributed by atoms with Gasteiger partial charge in [0, 0.05) is 17.6 Å². The summed E-state index contributed by atoms with van der Waals surface area (Å²) in [4.78, 5) is 13.3. The van der Waals surface area contributed by atoms with E-state index in [4.69, 9.17) is 0 Å². The van der Waals surface area contributed by atoms with Crippen molar-refractivity contribution in [3.8, 4) is 5.75 Å². The number of ether oxygens (including phenoxy) is 1. The van der Waals surface area contributed by atoms with Gasteiger partial charge >= 0.3 is 6.36 Å². The van der Waals surface area contributed by atoms with Crippen molar-refractivity contribution < 1.29 is 17.9 Å². The predicted molar refractivity (Wildman–Crippen MR) is 51.3 cm³/mol. The number of aromatic amines is 1. The van der Waals surface area contributed by atoms with Crippen LogP contribution in [-0.2, 0) is 0 Å². The van der Waals surface area contributed by atoms with Gasteiger partial charge < -0.3 is 9.72 Å². The minimum atomic E-state index is -4.71. The van der Waals surface area contributed by atoms with E-state index < -0.39 is 6.36 Å². The van der Waals surface area contributed by atoms with Crippen LogP contribution in [-0.4, -0.2) is 11.3 Å². The Hall–Kier alpha value is -1.98. The van der Waals surface area contributed by atoms with Gasteiger partial charge in [0.25, 0.3) is 0 Å². The Bertz CT molecular complexity index is 574. The Balaban J connectivity index is 2.45. The van der Waals surface area contributed by atoms with Crippen LogP contribution in [0.15, 0.2) is 35.3 Å². The average Bonchev–Trinajstić information content (AvgIpc) is 2.16. The number of halogens is 3. The van der Waals surface area contributed by atoms with E-state index in [2.05, 4.69) is 9.72 Å². The highest BCUT2D eigenvalue weighted by Crippen LogP contribution is 2.25. The van der Waals surface area contributed by atoms with E-state index in [0.717, 1.165) is 6.07 Å². The number of fused-ring (bicyclic) bond motifs is 1. The molecule has 0 aliphatic carbocycles. The smallest absolute Gasteiger partial charge is 0.406 e. The van der Waals surface area contributed by atoms with Crippen LogP contribution in [0.5, 0.6) is 5.75 Å². The summed E-state index contributed by atoms with van der Waals surface area (Å²) in [6.45, 7) is 0. The fraction of sp³-hybridized carbons (Fsp3) is 0.100. The lowest BCUT2D eigenvalue weighted by atomic mass is 10.2. The Labute approximate surface area is 87.5 Å². The van der Waals surface area contributed by atoms with Crippen LogP contribution >= 0.6 is 0 Å². The summed E-state index contributed by atoms with van der Waals surface area (Å²) in [5.74, 6) is -0.313. The molecule has 0 amide bonds. The van der Waals surface area contributed by atoms with Crippen LogP contribution in [0.25, 0.3) is 10.8 Å². The quantitative estimate of drug-likeness (QED) is 0.815. The molecule has 0 atom stereocenters. The largest absolute Gasteiger partial charge is 0.573 e. The maximum atomic E-state index is 11.9. The zero-order valence-electron chi connectivity index (χ0n) is 7.84. The third-order valence-electron chi connectivity index (χ3n) is 1.95. The highest BCUT2D eigenvalue weighted by Gasteiger charge is 2.31. The van der Waals surface area contributed by atoms with Gasteiger partial charge in [-0.2, -0.15) is 0 Å². The standard InChI is InChI=1S/C10H6F3NO2/c11-10(12,13)16-8-2-1-6-4-9(15)14-5-7(6)3-8/h1-5H,(H,14,15). The third-order valence-corrected chi connectivity index (χ3v) is 1.95. The number of pyridine rings is 1. The van der Waals surface area contributed by atoms with Crippen LogP contribution in [0.1, 0.15) is 0 Å². The van der Waals surface area contributed by atoms with Crippen LogP contribution in [0.4, 0.5) is 13.2 Å². The second-order valence-corrected chi connectivity index (χ2v) is 3.14. The molecule has 0 radical (unpaired) electrons. The number of nitrogens with one attached hydrogen (secondary N) is 1. The van der Waals surface area contributed by atoms with Crippen LogP contribution in [0.3, 0.4) is 0 Å². The first-order valence-corrected chi connectivity index (χ1v) is 4.32. The first-order valence-electron chi connectivity index (χ1n) is 4.32. The van der Waals surface area contributed by atoms with Gasteiger partial charge in [0.05, 0.1) is 0 Å². The Morgan fingerprint density at radius 3 is 2.56 bits per heavy atom. The van der Waals surface area contributed by atoms with Crippen LogP contribution in [0, 0.1) is 0 Å². The summed E-state index contributed by atoms with van der Waals surface area (Å²) < 4.78 is 39.5. The molecule has 1 N–H and O–H groups in total. The van der Waals surface area contributed by atoms with Gasteiger partial charge in [-0.05, 0) is 17.5 Å². The summed E-state index contributed by atoms with van der Waals surface area (Å²) in [6.07, 6.45) is -3.38. The van der Waals surface area contributed by atoms with Crippen molar-refractivity contribution in [2.24, 2.45) is 0 Å². The topological polar surface area (TPSA) is 42.1 Å². The van der Waals surface area contributed by atoms with E-state index in [9.17, 15) is 18.0 Å². The molecule has 0 fully saturated rings. The molecule has 3 nitrogen and oxygen atoms in total. The Morgan fingerprint density at radius 1 is 1.12 bits per heavy atom. The number of alkyl halides is 3. The van der Waals surface area contributed by atoms with Crippen molar-refractivity contribution in [3.05, 3.63) is 40.8 Å².